The van der Waals surface area contributed by atoms with E-state index in [1.807, 2.05) is 0 Å². The van der Waals surface area contributed by atoms with Crippen LogP contribution in [0.2, 0.25) is 10.0 Å². The molecule has 3 nitrogen and oxygen atoms in total. The van der Waals surface area contributed by atoms with E-state index in [1.165, 1.54) is 10.4 Å². The number of halogens is 2. The fourth-order valence-corrected chi connectivity index (χ4v) is 4.21. The van der Waals surface area contributed by atoms with E-state index in [1.54, 1.807) is 29.5 Å². The molecule has 3 rings (SSSR count). The minimum absolute atomic E-state index is 0.0967. The summed E-state index contributed by atoms with van der Waals surface area (Å²) >= 11 is 14.0. The van der Waals surface area contributed by atoms with Crippen LogP contribution in [0.15, 0.2) is 29.6 Å². The number of thiophene rings is 1. The SMILES string of the molecule is C[C@@H]1c2ccsc2CCN1CC(=O)Nc1c(Cl)cccc1Cl. The first-order chi connectivity index (χ1) is 10.6. The Labute approximate surface area is 143 Å². The first-order valence-electron chi connectivity index (χ1n) is 7.10. The molecule has 1 aromatic carbocycles. The molecule has 0 spiro atoms. The summed E-state index contributed by atoms with van der Waals surface area (Å²) < 4.78 is 0. The topological polar surface area (TPSA) is 32.3 Å². The van der Waals surface area contributed by atoms with Crippen LogP contribution in [0.5, 0.6) is 0 Å². The fraction of sp³-hybridized carbons (Fsp3) is 0.312. The molecule has 0 saturated carbocycles. The predicted molar refractivity (Wildman–Crippen MR) is 93.1 cm³/mol. The van der Waals surface area contributed by atoms with E-state index in [4.69, 9.17) is 23.2 Å². The molecule has 2 aromatic rings. The third kappa shape index (κ3) is 3.15. The third-order valence-corrected chi connectivity index (χ3v) is 5.60. The number of amides is 1. The lowest BCUT2D eigenvalue weighted by Gasteiger charge is -2.33. The van der Waals surface area contributed by atoms with E-state index in [0.29, 0.717) is 22.3 Å². The third-order valence-electron chi connectivity index (χ3n) is 3.98. The summed E-state index contributed by atoms with van der Waals surface area (Å²) in [6.07, 6.45) is 0.997. The average Bonchev–Trinajstić information content (AvgIpc) is 2.95. The molecular formula is C16H16Cl2N2OS. The number of anilines is 1. The molecule has 0 radical (unpaired) electrons. The lowest BCUT2D eigenvalue weighted by Crippen LogP contribution is -2.39. The van der Waals surface area contributed by atoms with Gasteiger partial charge in [0.05, 0.1) is 22.3 Å². The van der Waals surface area contributed by atoms with E-state index in [-0.39, 0.29) is 11.9 Å². The normalized spacial score (nSPS) is 18.0. The Kier molecular flexibility index (Phi) is 4.73. The monoisotopic (exact) mass is 354 g/mol. The quantitative estimate of drug-likeness (QED) is 0.872. The van der Waals surface area contributed by atoms with Gasteiger partial charge < -0.3 is 5.32 Å². The van der Waals surface area contributed by atoms with Crippen molar-refractivity contribution in [3.63, 3.8) is 0 Å². The molecule has 0 saturated heterocycles. The Balaban J connectivity index is 1.68. The number of benzene rings is 1. The lowest BCUT2D eigenvalue weighted by molar-refractivity contribution is -0.117. The molecule has 0 aliphatic carbocycles. The molecule has 6 heteroatoms. The maximum Gasteiger partial charge on any atom is 0.238 e. The molecule has 22 heavy (non-hydrogen) atoms. The summed E-state index contributed by atoms with van der Waals surface area (Å²) in [4.78, 5) is 15.9. The van der Waals surface area contributed by atoms with Gasteiger partial charge in [0.15, 0.2) is 0 Å². The van der Waals surface area contributed by atoms with Gasteiger partial charge in [-0.25, -0.2) is 0 Å². The van der Waals surface area contributed by atoms with Crippen LogP contribution in [-0.2, 0) is 11.2 Å². The van der Waals surface area contributed by atoms with Crippen molar-refractivity contribution < 1.29 is 4.79 Å². The maximum atomic E-state index is 12.3. The number of fused-ring (bicyclic) bond motifs is 1. The van der Waals surface area contributed by atoms with Gasteiger partial charge in [0.1, 0.15) is 0 Å². The van der Waals surface area contributed by atoms with E-state index >= 15 is 0 Å². The van der Waals surface area contributed by atoms with Gasteiger partial charge in [-0.1, -0.05) is 29.3 Å². The minimum Gasteiger partial charge on any atom is -0.322 e. The zero-order chi connectivity index (χ0) is 15.7. The molecular weight excluding hydrogens is 339 g/mol. The Morgan fingerprint density at radius 2 is 2.09 bits per heavy atom. The standard InChI is InChI=1S/C16H16Cl2N2OS/c1-10-11-6-8-22-14(11)5-7-20(10)9-15(21)19-16-12(17)3-2-4-13(16)18/h2-4,6,8,10H,5,7,9H2,1H3,(H,19,21)/t10-/m1/s1. The summed E-state index contributed by atoms with van der Waals surface area (Å²) in [5, 5.41) is 5.84. The molecule has 2 heterocycles. The van der Waals surface area contributed by atoms with Crippen molar-refractivity contribution in [3.05, 3.63) is 50.1 Å². The number of para-hydroxylation sites is 1. The highest BCUT2D eigenvalue weighted by Crippen LogP contribution is 2.33. The van der Waals surface area contributed by atoms with E-state index in [9.17, 15) is 4.79 Å². The molecule has 0 unspecified atom stereocenters. The van der Waals surface area contributed by atoms with Gasteiger partial charge in [0.25, 0.3) is 0 Å². The Morgan fingerprint density at radius 1 is 1.36 bits per heavy atom. The van der Waals surface area contributed by atoms with Crippen LogP contribution in [0, 0.1) is 0 Å². The predicted octanol–water partition coefficient (Wildman–Crippen LogP) is 4.61. The molecule has 0 bridgehead atoms. The minimum atomic E-state index is -0.0967. The van der Waals surface area contributed by atoms with Crippen molar-refractivity contribution in [1.82, 2.24) is 4.90 Å². The number of hydrogen-bond acceptors (Lipinski definition) is 3. The smallest absolute Gasteiger partial charge is 0.238 e. The number of rotatable bonds is 3. The summed E-state index contributed by atoms with van der Waals surface area (Å²) in [5.41, 5.74) is 1.82. The molecule has 116 valence electrons. The zero-order valence-electron chi connectivity index (χ0n) is 12.1. The number of nitrogens with zero attached hydrogens (tertiary/aromatic N) is 1. The van der Waals surface area contributed by atoms with Crippen LogP contribution in [-0.4, -0.2) is 23.9 Å². The zero-order valence-corrected chi connectivity index (χ0v) is 14.4. The second-order valence-corrected chi connectivity index (χ2v) is 7.16. The molecule has 1 N–H and O–H groups in total. The summed E-state index contributed by atoms with van der Waals surface area (Å²) in [5.74, 6) is -0.0967. The summed E-state index contributed by atoms with van der Waals surface area (Å²) in [7, 11) is 0. The van der Waals surface area contributed by atoms with Crippen molar-refractivity contribution in [2.75, 3.05) is 18.4 Å². The van der Waals surface area contributed by atoms with Gasteiger partial charge in [0.2, 0.25) is 5.91 Å². The number of carbonyl (C=O) groups is 1. The molecule has 0 fully saturated rings. The highest BCUT2D eigenvalue weighted by molar-refractivity contribution is 7.10. The van der Waals surface area contributed by atoms with E-state index in [0.717, 1.165) is 13.0 Å². The number of hydrogen-bond donors (Lipinski definition) is 1. The van der Waals surface area contributed by atoms with Gasteiger partial charge in [-0.15, -0.1) is 11.3 Å². The molecule has 1 amide bonds. The Bertz CT molecular complexity index is 681. The number of nitrogens with one attached hydrogen (secondary N) is 1. The van der Waals surface area contributed by atoms with Crippen molar-refractivity contribution in [2.24, 2.45) is 0 Å². The second-order valence-electron chi connectivity index (χ2n) is 5.34. The maximum absolute atomic E-state index is 12.3. The van der Waals surface area contributed by atoms with Gasteiger partial charge >= 0.3 is 0 Å². The van der Waals surface area contributed by atoms with Gasteiger partial charge in [-0.3, -0.25) is 9.69 Å². The number of carbonyl (C=O) groups excluding carboxylic acids is 1. The van der Waals surface area contributed by atoms with Crippen LogP contribution >= 0.6 is 34.5 Å². The van der Waals surface area contributed by atoms with E-state index < -0.39 is 0 Å². The molecule has 1 aliphatic heterocycles. The van der Waals surface area contributed by atoms with Crippen LogP contribution < -0.4 is 5.32 Å². The summed E-state index contributed by atoms with van der Waals surface area (Å²) in [6, 6.07) is 7.58. The van der Waals surface area contributed by atoms with Crippen LogP contribution in [0.3, 0.4) is 0 Å². The molecule has 1 aromatic heterocycles. The van der Waals surface area contributed by atoms with Crippen LogP contribution in [0.25, 0.3) is 0 Å². The van der Waals surface area contributed by atoms with E-state index in [2.05, 4.69) is 28.6 Å². The first-order valence-corrected chi connectivity index (χ1v) is 8.74. The second kappa shape index (κ2) is 6.59. The van der Waals surface area contributed by atoms with Crippen molar-refractivity contribution in [3.8, 4) is 0 Å². The van der Waals surface area contributed by atoms with Crippen molar-refractivity contribution >= 4 is 46.1 Å². The molecule has 1 atom stereocenters. The van der Waals surface area contributed by atoms with Gasteiger partial charge in [0, 0.05) is 17.5 Å². The molecule has 1 aliphatic rings. The largest absolute Gasteiger partial charge is 0.322 e. The van der Waals surface area contributed by atoms with Gasteiger partial charge in [-0.2, -0.15) is 0 Å². The lowest BCUT2D eigenvalue weighted by atomic mass is 10.0. The van der Waals surface area contributed by atoms with Crippen LogP contribution in [0.1, 0.15) is 23.4 Å². The first kappa shape index (κ1) is 15.8. The van der Waals surface area contributed by atoms with Crippen molar-refractivity contribution in [1.29, 1.82) is 0 Å². The Morgan fingerprint density at radius 3 is 2.82 bits per heavy atom. The van der Waals surface area contributed by atoms with Crippen molar-refractivity contribution in [2.45, 2.75) is 19.4 Å². The average molecular weight is 355 g/mol. The Hall–Kier alpha value is -1.07. The highest BCUT2D eigenvalue weighted by Gasteiger charge is 2.26. The fourth-order valence-electron chi connectivity index (χ4n) is 2.76. The summed E-state index contributed by atoms with van der Waals surface area (Å²) in [6.45, 7) is 3.36. The highest BCUT2D eigenvalue weighted by atomic mass is 35.5. The van der Waals surface area contributed by atoms with Crippen LogP contribution in [0.4, 0.5) is 5.69 Å². The van der Waals surface area contributed by atoms with Gasteiger partial charge in [-0.05, 0) is 42.5 Å².